The Bertz CT molecular complexity index is 800. The number of pyridine rings is 1. The number of imide groups is 1. The summed E-state index contributed by atoms with van der Waals surface area (Å²) in [5.41, 5.74) is 1.56. The molecule has 0 bridgehead atoms. The van der Waals surface area contributed by atoms with Crippen LogP contribution in [0.25, 0.3) is 0 Å². The number of amides is 3. The number of aryl methyl sites for hydroxylation is 1. The maximum absolute atomic E-state index is 12.2. The number of anilines is 1. The zero-order valence-electron chi connectivity index (χ0n) is 12.2. The third-order valence-corrected chi connectivity index (χ3v) is 4.32. The van der Waals surface area contributed by atoms with Crippen LogP contribution in [-0.4, -0.2) is 34.2 Å². The Morgan fingerprint density at radius 2 is 1.83 bits per heavy atom. The molecule has 2 heterocycles. The molecule has 0 spiro atoms. The minimum atomic E-state index is -0.478. The molecular weight excluding hydrogens is 362 g/mol. The standard InChI is InChI=1S/C16H12BrN3O3/c1-9-6-13(18-7-12(9)17)19-14(21)8-20-15(22)10-4-2-3-5-11(10)16(20)23/h2-7H,8H2,1H3,(H,18,19,21). The van der Waals surface area contributed by atoms with Crippen molar-refractivity contribution in [3.63, 3.8) is 0 Å². The second kappa shape index (κ2) is 5.92. The number of hydrogen-bond acceptors (Lipinski definition) is 4. The van der Waals surface area contributed by atoms with Crippen molar-refractivity contribution < 1.29 is 14.4 Å². The highest BCUT2D eigenvalue weighted by molar-refractivity contribution is 9.10. The van der Waals surface area contributed by atoms with Gasteiger partial charge in [0.2, 0.25) is 5.91 Å². The van der Waals surface area contributed by atoms with Gasteiger partial charge in [0.25, 0.3) is 11.8 Å². The molecule has 0 saturated heterocycles. The van der Waals surface area contributed by atoms with Gasteiger partial charge in [0.15, 0.2) is 0 Å². The van der Waals surface area contributed by atoms with Gasteiger partial charge >= 0.3 is 0 Å². The van der Waals surface area contributed by atoms with Crippen LogP contribution in [0.4, 0.5) is 5.82 Å². The fourth-order valence-corrected chi connectivity index (χ4v) is 2.53. The zero-order chi connectivity index (χ0) is 16.6. The highest BCUT2D eigenvalue weighted by Crippen LogP contribution is 2.22. The first-order valence-electron chi connectivity index (χ1n) is 6.84. The molecule has 116 valence electrons. The minimum Gasteiger partial charge on any atom is -0.309 e. The number of nitrogens with zero attached hydrogens (tertiary/aromatic N) is 2. The van der Waals surface area contributed by atoms with Gasteiger partial charge in [-0.15, -0.1) is 0 Å². The Balaban J connectivity index is 1.73. The van der Waals surface area contributed by atoms with Crippen molar-refractivity contribution in [3.05, 3.63) is 57.7 Å². The molecule has 23 heavy (non-hydrogen) atoms. The van der Waals surface area contributed by atoms with E-state index in [1.165, 1.54) is 0 Å². The molecular formula is C16H12BrN3O3. The first-order valence-corrected chi connectivity index (χ1v) is 7.64. The lowest BCUT2D eigenvalue weighted by atomic mass is 10.1. The lowest BCUT2D eigenvalue weighted by Gasteiger charge is -2.13. The van der Waals surface area contributed by atoms with Crippen molar-refractivity contribution in [1.82, 2.24) is 9.88 Å². The summed E-state index contributed by atoms with van der Waals surface area (Å²) in [5, 5.41) is 2.59. The van der Waals surface area contributed by atoms with Crippen LogP contribution in [0.15, 0.2) is 41.0 Å². The third kappa shape index (κ3) is 2.87. The summed E-state index contributed by atoms with van der Waals surface area (Å²) in [6.07, 6.45) is 1.58. The summed E-state index contributed by atoms with van der Waals surface area (Å²) in [6, 6.07) is 8.22. The Kier molecular flexibility index (Phi) is 3.96. The van der Waals surface area contributed by atoms with Crippen LogP contribution in [0.2, 0.25) is 0 Å². The summed E-state index contributed by atoms with van der Waals surface area (Å²) in [5.74, 6) is -1.03. The Labute approximate surface area is 140 Å². The number of fused-ring (bicyclic) bond motifs is 1. The third-order valence-electron chi connectivity index (χ3n) is 3.49. The Hall–Kier alpha value is -2.54. The van der Waals surface area contributed by atoms with Crippen LogP contribution >= 0.6 is 15.9 Å². The number of hydrogen-bond donors (Lipinski definition) is 1. The van der Waals surface area contributed by atoms with Crippen LogP contribution in [0.1, 0.15) is 26.3 Å². The molecule has 0 radical (unpaired) electrons. The molecule has 0 unspecified atom stereocenters. The molecule has 1 aromatic heterocycles. The first-order chi connectivity index (χ1) is 11.0. The van der Waals surface area contributed by atoms with E-state index in [1.807, 2.05) is 6.92 Å². The molecule has 1 aliphatic rings. The highest BCUT2D eigenvalue weighted by Gasteiger charge is 2.36. The number of halogens is 1. The van der Waals surface area contributed by atoms with Crippen LogP contribution in [-0.2, 0) is 4.79 Å². The van der Waals surface area contributed by atoms with E-state index in [9.17, 15) is 14.4 Å². The molecule has 6 nitrogen and oxygen atoms in total. The van der Waals surface area contributed by atoms with Gasteiger partial charge in [0.05, 0.1) is 11.1 Å². The molecule has 1 N–H and O–H groups in total. The van der Waals surface area contributed by atoms with E-state index in [0.29, 0.717) is 16.9 Å². The first kappa shape index (κ1) is 15.4. The van der Waals surface area contributed by atoms with E-state index < -0.39 is 17.7 Å². The largest absolute Gasteiger partial charge is 0.309 e. The van der Waals surface area contributed by atoms with Crippen LogP contribution in [0.3, 0.4) is 0 Å². The van der Waals surface area contributed by atoms with Gasteiger partial charge in [-0.25, -0.2) is 4.98 Å². The number of rotatable bonds is 3. The van der Waals surface area contributed by atoms with E-state index in [0.717, 1.165) is 14.9 Å². The molecule has 1 aliphatic heterocycles. The fraction of sp³-hybridized carbons (Fsp3) is 0.125. The second-order valence-electron chi connectivity index (χ2n) is 5.11. The maximum atomic E-state index is 12.2. The molecule has 3 amide bonds. The summed E-state index contributed by atoms with van der Waals surface area (Å²) < 4.78 is 0.829. The molecule has 2 aromatic rings. The molecule has 0 saturated carbocycles. The van der Waals surface area contributed by atoms with Gasteiger partial charge in [0, 0.05) is 10.7 Å². The predicted molar refractivity (Wildman–Crippen MR) is 87.1 cm³/mol. The lowest BCUT2D eigenvalue weighted by molar-refractivity contribution is -0.116. The van der Waals surface area contributed by atoms with Gasteiger partial charge in [-0.3, -0.25) is 19.3 Å². The Morgan fingerprint density at radius 3 is 2.39 bits per heavy atom. The van der Waals surface area contributed by atoms with Gasteiger partial charge < -0.3 is 5.32 Å². The Morgan fingerprint density at radius 1 is 1.22 bits per heavy atom. The topological polar surface area (TPSA) is 79.4 Å². The van der Waals surface area contributed by atoms with E-state index >= 15 is 0 Å². The monoisotopic (exact) mass is 373 g/mol. The summed E-state index contributed by atoms with van der Waals surface area (Å²) in [4.78, 5) is 41.5. The van der Waals surface area contributed by atoms with Crippen molar-refractivity contribution in [1.29, 1.82) is 0 Å². The van der Waals surface area contributed by atoms with Gasteiger partial charge in [-0.05, 0) is 46.6 Å². The minimum absolute atomic E-state index is 0.322. The van der Waals surface area contributed by atoms with Crippen molar-refractivity contribution in [2.45, 2.75) is 6.92 Å². The van der Waals surface area contributed by atoms with E-state index in [-0.39, 0.29) is 6.54 Å². The molecule has 0 fully saturated rings. The lowest BCUT2D eigenvalue weighted by Crippen LogP contribution is -2.37. The number of carbonyl (C=O) groups excluding carboxylic acids is 3. The normalized spacial score (nSPS) is 13.2. The zero-order valence-corrected chi connectivity index (χ0v) is 13.8. The summed E-state index contributed by atoms with van der Waals surface area (Å²) in [7, 11) is 0. The van der Waals surface area contributed by atoms with Crippen molar-refractivity contribution >= 4 is 39.5 Å². The van der Waals surface area contributed by atoms with E-state index in [4.69, 9.17) is 0 Å². The van der Waals surface area contributed by atoms with Crippen LogP contribution in [0, 0.1) is 6.92 Å². The van der Waals surface area contributed by atoms with Gasteiger partial charge in [-0.1, -0.05) is 12.1 Å². The molecule has 0 atom stereocenters. The SMILES string of the molecule is Cc1cc(NC(=O)CN2C(=O)c3ccccc3C2=O)ncc1Br. The molecule has 7 heteroatoms. The second-order valence-corrected chi connectivity index (χ2v) is 5.96. The fourth-order valence-electron chi connectivity index (χ4n) is 2.32. The molecule has 1 aromatic carbocycles. The molecule has 3 rings (SSSR count). The number of carbonyl (C=O) groups is 3. The highest BCUT2D eigenvalue weighted by atomic mass is 79.9. The summed E-state index contributed by atoms with van der Waals surface area (Å²) >= 11 is 3.33. The average molecular weight is 374 g/mol. The quantitative estimate of drug-likeness (QED) is 0.837. The van der Waals surface area contributed by atoms with Crippen molar-refractivity contribution in [3.8, 4) is 0 Å². The van der Waals surface area contributed by atoms with Gasteiger partial charge in [-0.2, -0.15) is 0 Å². The maximum Gasteiger partial charge on any atom is 0.262 e. The van der Waals surface area contributed by atoms with Crippen molar-refractivity contribution in [2.24, 2.45) is 0 Å². The molecule has 0 aliphatic carbocycles. The predicted octanol–water partition coefficient (Wildman–Crippen LogP) is 2.39. The number of aromatic nitrogens is 1. The number of benzene rings is 1. The van der Waals surface area contributed by atoms with E-state index in [1.54, 1.807) is 36.5 Å². The average Bonchev–Trinajstić information content (AvgIpc) is 2.76. The van der Waals surface area contributed by atoms with Crippen LogP contribution < -0.4 is 5.32 Å². The summed E-state index contributed by atoms with van der Waals surface area (Å²) in [6.45, 7) is 1.52. The van der Waals surface area contributed by atoms with E-state index in [2.05, 4.69) is 26.2 Å². The smallest absolute Gasteiger partial charge is 0.262 e. The number of nitrogens with one attached hydrogen (secondary N) is 1. The van der Waals surface area contributed by atoms with Crippen LogP contribution in [0.5, 0.6) is 0 Å². The van der Waals surface area contributed by atoms with Gasteiger partial charge in [0.1, 0.15) is 12.4 Å². The van der Waals surface area contributed by atoms with Crippen molar-refractivity contribution in [2.75, 3.05) is 11.9 Å².